The molecule has 6 nitrogen and oxygen atoms in total. The summed E-state index contributed by atoms with van der Waals surface area (Å²) in [5.41, 5.74) is 2.07. The first-order valence-electron chi connectivity index (χ1n) is 9.41. The van der Waals surface area contributed by atoms with Crippen LogP contribution in [-0.2, 0) is 14.8 Å². The fourth-order valence-corrected chi connectivity index (χ4v) is 5.22. The van der Waals surface area contributed by atoms with Crippen molar-refractivity contribution in [3.05, 3.63) is 29.3 Å². The SMILES string of the molecule is Cc1ccc(S(=O)(=O)N2CCN(C(C)C(=O)N3CCCC3)CC2)cc1C. The van der Waals surface area contributed by atoms with Crippen LogP contribution in [-0.4, -0.2) is 73.7 Å². The molecule has 1 aromatic carbocycles. The van der Waals surface area contributed by atoms with Crippen LogP contribution in [0, 0.1) is 13.8 Å². The number of sulfonamides is 1. The van der Waals surface area contributed by atoms with Crippen molar-refractivity contribution in [2.75, 3.05) is 39.3 Å². The second-order valence-electron chi connectivity index (χ2n) is 7.39. The first kappa shape index (κ1) is 19.3. The first-order valence-corrected chi connectivity index (χ1v) is 10.8. The lowest BCUT2D eigenvalue weighted by Crippen LogP contribution is -2.55. The maximum atomic E-state index is 12.9. The number of carbonyl (C=O) groups excluding carboxylic acids is 1. The Kier molecular flexibility index (Phi) is 5.69. The van der Waals surface area contributed by atoms with Crippen molar-refractivity contribution in [3.8, 4) is 0 Å². The van der Waals surface area contributed by atoms with E-state index >= 15 is 0 Å². The van der Waals surface area contributed by atoms with Gasteiger partial charge in [-0.25, -0.2) is 8.42 Å². The topological polar surface area (TPSA) is 60.9 Å². The molecule has 26 heavy (non-hydrogen) atoms. The van der Waals surface area contributed by atoms with Gasteiger partial charge in [-0.1, -0.05) is 6.07 Å². The van der Waals surface area contributed by atoms with Crippen LogP contribution >= 0.6 is 0 Å². The molecule has 1 unspecified atom stereocenters. The molecule has 144 valence electrons. The molecule has 0 aromatic heterocycles. The summed E-state index contributed by atoms with van der Waals surface area (Å²) in [5.74, 6) is 0.174. The average molecular weight is 380 g/mol. The summed E-state index contributed by atoms with van der Waals surface area (Å²) in [7, 11) is -3.48. The number of rotatable bonds is 4. The van der Waals surface area contributed by atoms with E-state index < -0.39 is 10.0 Å². The second kappa shape index (κ2) is 7.66. The molecule has 0 bridgehead atoms. The molecule has 7 heteroatoms. The molecule has 1 atom stereocenters. The van der Waals surface area contributed by atoms with E-state index in [1.165, 1.54) is 0 Å². The summed E-state index contributed by atoms with van der Waals surface area (Å²) in [6.45, 7) is 9.57. The lowest BCUT2D eigenvalue weighted by Gasteiger charge is -2.37. The predicted molar refractivity (Wildman–Crippen MR) is 102 cm³/mol. The Labute approximate surface area is 156 Å². The van der Waals surface area contributed by atoms with Crippen LogP contribution in [0.1, 0.15) is 30.9 Å². The lowest BCUT2D eigenvalue weighted by atomic mass is 10.1. The van der Waals surface area contributed by atoms with Gasteiger partial charge in [0.1, 0.15) is 0 Å². The Morgan fingerprint density at radius 2 is 1.58 bits per heavy atom. The van der Waals surface area contributed by atoms with E-state index in [-0.39, 0.29) is 11.9 Å². The Bertz CT molecular complexity index is 764. The van der Waals surface area contributed by atoms with Crippen LogP contribution in [0.5, 0.6) is 0 Å². The Hall–Kier alpha value is -1.44. The van der Waals surface area contributed by atoms with Gasteiger partial charge in [-0.05, 0) is 56.9 Å². The minimum absolute atomic E-state index is 0.174. The smallest absolute Gasteiger partial charge is 0.243 e. The monoisotopic (exact) mass is 379 g/mol. The molecular weight excluding hydrogens is 350 g/mol. The Balaban J connectivity index is 1.63. The zero-order chi connectivity index (χ0) is 18.9. The summed E-state index contributed by atoms with van der Waals surface area (Å²) in [4.78, 5) is 17.0. The van der Waals surface area contributed by atoms with Crippen molar-refractivity contribution in [1.82, 2.24) is 14.1 Å². The van der Waals surface area contributed by atoms with Gasteiger partial charge >= 0.3 is 0 Å². The van der Waals surface area contributed by atoms with Gasteiger partial charge in [0.05, 0.1) is 10.9 Å². The molecule has 0 saturated carbocycles. The average Bonchev–Trinajstić information content (AvgIpc) is 3.17. The standard InChI is InChI=1S/C19H29N3O3S/c1-15-6-7-18(14-16(15)2)26(24,25)22-12-10-20(11-13-22)17(3)19(23)21-8-4-5-9-21/h6-7,14,17H,4-5,8-13H2,1-3H3. The normalized spacial score (nSPS) is 21.1. The van der Waals surface area contributed by atoms with Crippen LogP contribution in [0.25, 0.3) is 0 Å². The Morgan fingerprint density at radius 1 is 0.962 bits per heavy atom. The number of hydrogen-bond donors (Lipinski definition) is 0. The molecule has 1 amide bonds. The van der Waals surface area contributed by atoms with E-state index in [1.54, 1.807) is 16.4 Å². The van der Waals surface area contributed by atoms with Crippen molar-refractivity contribution < 1.29 is 13.2 Å². The van der Waals surface area contributed by atoms with Gasteiger partial charge in [0.2, 0.25) is 15.9 Å². The third-order valence-corrected chi connectivity index (χ3v) is 7.61. The molecule has 3 rings (SSSR count). The van der Waals surface area contributed by atoms with Gasteiger partial charge < -0.3 is 4.90 Å². The second-order valence-corrected chi connectivity index (χ2v) is 9.33. The summed E-state index contributed by atoms with van der Waals surface area (Å²) >= 11 is 0. The quantitative estimate of drug-likeness (QED) is 0.798. The zero-order valence-electron chi connectivity index (χ0n) is 15.9. The van der Waals surface area contributed by atoms with Gasteiger partial charge in [0.25, 0.3) is 0 Å². The van der Waals surface area contributed by atoms with Crippen LogP contribution in [0.15, 0.2) is 23.1 Å². The van der Waals surface area contributed by atoms with E-state index in [2.05, 4.69) is 4.90 Å². The minimum Gasteiger partial charge on any atom is -0.341 e. The van der Waals surface area contributed by atoms with Crippen molar-refractivity contribution in [3.63, 3.8) is 0 Å². The van der Waals surface area contributed by atoms with E-state index in [1.807, 2.05) is 31.7 Å². The largest absolute Gasteiger partial charge is 0.341 e. The third kappa shape index (κ3) is 3.80. The maximum Gasteiger partial charge on any atom is 0.243 e. The van der Waals surface area contributed by atoms with Gasteiger partial charge in [-0.3, -0.25) is 9.69 Å². The molecular formula is C19H29N3O3S. The zero-order valence-corrected chi connectivity index (χ0v) is 16.8. The summed E-state index contributed by atoms with van der Waals surface area (Å²) in [5, 5.41) is 0. The molecule has 2 heterocycles. The fraction of sp³-hybridized carbons (Fsp3) is 0.632. The fourth-order valence-electron chi connectivity index (χ4n) is 3.71. The van der Waals surface area contributed by atoms with E-state index in [9.17, 15) is 13.2 Å². The predicted octanol–water partition coefficient (Wildman–Crippen LogP) is 1.62. The van der Waals surface area contributed by atoms with Crippen molar-refractivity contribution in [2.45, 2.75) is 44.6 Å². The molecule has 0 radical (unpaired) electrons. The maximum absolute atomic E-state index is 12.9. The van der Waals surface area contributed by atoms with Crippen LogP contribution < -0.4 is 0 Å². The van der Waals surface area contributed by atoms with Crippen LogP contribution in [0.4, 0.5) is 0 Å². The summed E-state index contributed by atoms with van der Waals surface area (Å²) in [6.07, 6.45) is 2.17. The van der Waals surface area contributed by atoms with Gasteiger partial charge in [-0.2, -0.15) is 4.31 Å². The highest BCUT2D eigenvalue weighted by Crippen LogP contribution is 2.21. The number of amides is 1. The number of nitrogens with zero attached hydrogens (tertiary/aromatic N) is 3. The molecule has 0 N–H and O–H groups in total. The minimum atomic E-state index is -3.48. The van der Waals surface area contributed by atoms with Gasteiger partial charge in [0.15, 0.2) is 0 Å². The number of piperazine rings is 1. The molecule has 1 aromatic rings. The highest BCUT2D eigenvalue weighted by atomic mass is 32.2. The van der Waals surface area contributed by atoms with Crippen molar-refractivity contribution >= 4 is 15.9 Å². The molecule has 0 spiro atoms. The van der Waals surface area contributed by atoms with Gasteiger partial charge in [-0.15, -0.1) is 0 Å². The highest BCUT2D eigenvalue weighted by Gasteiger charge is 2.33. The summed E-state index contributed by atoms with van der Waals surface area (Å²) in [6, 6.07) is 5.11. The number of benzene rings is 1. The highest BCUT2D eigenvalue weighted by molar-refractivity contribution is 7.89. The van der Waals surface area contributed by atoms with Crippen LogP contribution in [0.2, 0.25) is 0 Å². The van der Waals surface area contributed by atoms with Crippen LogP contribution in [0.3, 0.4) is 0 Å². The third-order valence-electron chi connectivity index (χ3n) is 5.71. The first-order chi connectivity index (χ1) is 12.3. The Morgan fingerprint density at radius 3 is 2.15 bits per heavy atom. The van der Waals surface area contributed by atoms with Crippen molar-refractivity contribution in [2.24, 2.45) is 0 Å². The molecule has 2 saturated heterocycles. The van der Waals surface area contributed by atoms with E-state index in [0.717, 1.165) is 37.1 Å². The summed E-state index contributed by atoms with van der Waals surface area (Å²) < 4.78 is 27.3. The van der Waals surface area contributed by atoms with Gasteiger partial charge in [0, 0.05) is 39.3 Å². The molecule has 0 aliphatic carbocycles. The molecule has 2 aliphatic rings. The van der Waals surface area contributed by atoms with Crippen molar-refractivity contribution in [1.29, 1.82) is 0 Å². The van der Waals surface area contributed by atoms with E-state index in [0.29, 0.717) is 31.1 Å². The number of carbonyl (C=O) groups is 1. The molecule has 2 fully saturated rings. The number of aryl methyl sites for hydroxylation is 2. The molecule has 2 aliphatic heterocycles. The number of likely N-dealkylation sites (tertiary alicyclic amines) is 1. The van der Waals surface area contributed by atoms with E-state index in [4.69, 9.17) is 0 Å². The number of hydrogen-bond acceptors (Lipinski definition) is 4. The lowest BCUT2D eigenvalue weighted by molar-refractivity contribution is -0.135.